The van der Waals surface area contributed by atoms with Gasteiger partial charge in [0.2, 0.25) is 0 Å². The molecule has 0 aliphatic rings. The first kappa shape index (κ1) is 24.5. The highest BCUT2D eigenvalue weighted by Crippen LogP contribution is 2.33. The van der Waals surface area contributed by atoms with Crippen LogP contribution >= 0.6 is 0 Å². The summed E-state index contributed by atoms with van der Waals surface area (Å²) < 4.78 is 5.45. The van der Waals surface area contributed by atoms with E-state index in [9.17, 15) is 9.90 Å². The zero-order chi connectivity index (χ0) is 21.0. The van der Waals surface area contributed by atoms with Crippen LogP contribution in [0.4, 0.5) is 0 Å². The van der Waals surface area contributed by atoms with Crippen molar-refractivity contribution in [2.24, 2.45) is 0 Å². The van der Waals surface area contributed by atoms with Crippen LogP contribution in [0.1, 0.15) is 116 Å². The van der Waals surface area contributed by atoms with Gasteiger partial charge in [-0.3, -0.25) is 4.79 Å². The van der Waals surface area contributed by atoms with Crippen molar-refractivity contribution in [1.29, 1.82) is 0 Å². The van der Waals surface area contributed by atoms with E-state index in [2.05, 4.69) is 27.7 Å². The summed E-state index contributed by atoms with van der Waals surface area (Å²) in [5.41, 5.74) is 1.57. The summed E-state index contributed by atoms with van der Waals surface area (Å²) in [5, 5.41) is 10.3. The first-order chi connectivity index (χ1) is 13.3. The molecule has 0 saturated heterocycles. The van der Waals surface area contributed by atoms with Gasteiger partial charge < -0.3 is 9.84 Å². The first-order valence-corrected chi connectivity index (χ1v) is 11.3. The van der Waals surface area contributed by atoms with Crippen molar-refractivity contribution in [2.75, 3.05) is 6.61 Å². The van der Waals surface area contributed by atoms with E-state index < -0.39 is 0 Å². The average Bonchev–Trinajstić information content (AvgIpc) is 2.64. The fraction of sp³-hybridized carbons (Fsp3) is 0.720. The van der Waals surface area contributed by atoms with Crippen LogP contribution in [0.2, 0.25) is 0 Å². The zero-order valence-corrected chi connectivity index (χ0v) is 18.9. The van der Waals surface area contributed by atoms with Crippen molar-refractivity contribution in [2.45, 2.75) is 110 Å². The molecular weight excluding hydrogens is 348 g/mol. The van der Waals surface area contributed by atoms with E-state index in [1.54, 1.807) is 6.07 Å². The fourth-order valence-electron chi connectivity index (χ4n) is 3.48. The molecule has 0 aliphatic heterocycles. The van der Waals surface area contributed by atoms with Crippen molar-refractivity contribution in [3.63, 3.8) is 0 Å². The molecule has 1 aromatic rings. The number of phenols is 1. The smallest absolute Gasteiger partial charge is 0.313 e. The Morgan fingerprint density at radius 2 is 1.50 bits per heavy atom. The van der Waals surface area contributed by atoms with Crippen molar-refractivity contribution >= 4 is 5.97 Å². The van der Waals surface area contributed by atoms with E-state index in [4.69, 9.17) is 4.74 Å². The van der Waals surface area contributed by atoms with Gasteiger partial charge in [0.1, 0.15) is 5.75 Å². The number of phenolic OH excluding ortho intramolecular Hbond substituents is 1. The lowest BCUT2D eigenvalue weighted by Crippen LogP contribution is -2.15. The molecular formula is C25H42O3. The molecule has 28 heavy (non-hydrogen) atoms. The van der Waals surface area contributed by atoms with E-state index in [1.165, 1.54) is 51.4 Å². The number of unbranched alkanes of at least 4 members (excludes halogenated alkanes) is 9. The summed E-state index contributed by atoms with van der Waals surface area (Å²) in [5.74, 6) is -0.318. The van der Waals surface area contributed by atoms with Crippen LogP contribution in [-0.2, 0) is 14.9 Å². The number of hydrogen-bond acceptors (Lipinski definition) is 3. The Kier molecular flexibility index (Phi) is 11.3. The Balaban J connectivity index is 2.23. The van der Waals surface area contributed by atoms with Crippen molar-refractivity contribution in [3.8, 4) is 5.75 Å². The van der Waals surface area contributed by atoms with E-state index in [0.717, 1.165) is 24.0 Å². The summed E-state index contributed by atoms with van der Waals surface area (Å²) in [6.45, 7) is 10.8. The topological polar surface area (TPSA) is 46.5 Å². The number of carbonyl (C=O) groups is 1. The Labute approximate surface area is 172 Å². The molecule has 3 nitrogen and oxygen atoms in total. The summed E-state index contributed by atoms with van der Waals surface area (Å²) in [6.07, 6.45) is 12.7. The average molecular weight is 391 g/mol. The maximum atomic E-state index is 12.3. The van der Waals surface area contributed by atoms with Crippen LogP contribution in [-0.4, -0.2) is 17.7 Å². The molecule has 0 aromatic heterocycles. The van der Waals surface area contributed by atoms with Crippen molar-refractivity contribution in [1.82, 2.24) is 0 Å². The third kappa shape index (κ3) is 9.12. The Morgan fingerprint density at radius 1 is 0.964 bits per heavy atom. The predicted octanol–water partition coefficient (Wildman–Crippen LogP) is 7.26. The summed E-state index contributed by atoms with van der Waals surface area (Å²) in [7, 11) is 0. The highest BCUT2D eigenvalue weighted by molar-refractivity contribution is 5.77. The minimum atomic E-state index is -0.358. The van der Waals surface area contributed by atoms with Gasteiger partial charge >= 0.3 is 5.97 Å². The van der Waals surface area contributed by atoms with Gasteiger partial charge in [0.05, 0.1) is 12.5 Å². The number of aromatic hydroxyl groups is 1. The molecule has 0 heterocycles. The molecule has 1 atom stereocenters. The standard InChI is InChI=1S/C25H42O3/c1-6-7-8-9-10-11-12-13-14-15-18-28-24(27)20(2)21-16-17-22(23(26)19-21)25(3,4)5/h16-17,19-20,26H,6-15,18H2,1-5H3. The van der Waals surface area contributed by atoms with Gasteiger partial charge in [-0.15, -0.1) is 0 Å². The monoisotopic (exact) mass is 390 g/mol. The largest absolute Gasteiger partial charge is 0.508 e. The summed E-state index contributed by atoms with van der Waals surface area (Å²) in [6, 6.07) is 5.54. The number of rotatable bonds is 13. The SMILES string of the molecule is CCCCCCCCCCCCOC(=O)C(C)c1ccc(C(C)(C)C)c(O)c1. The molecule has 0 bridgehead atoms. The normalized spacial score (nSPS) is 12.8. The Hall–Kier alpha value is -1.51. The molecule has 1 N–H and O–H groups in total. The number of ether oxygens (including phenoxy) is 1. The van der Waals surface area contributed by atoms with Crippen LogP contribution in [0.25, 0.3) is 0 Å². The van der Waals surface area contributed by atoms with E-state index >= 15 is 0 Å². The zero-order valence-electron chi connectivity index (χ0n) is 18.9. The molecule has 0 saturated carbocycles. The van der Waals surface area contributed by atoms with Crippen molar-refractivity contribution in [3.05, 3.63) is 29.3 Å². The Morgan fingerprint density at radius 3 is 2.00 bits per heavy atom. The maximum Gasteiger partial charge on any atom is 0.313 e. The van der Waals surface area contributed by atoms with E-state index in [1.807, 2.05) is 19.1 Å². The predicted molar refractivity (Wildman–Crippen MR) is 118 cm³/mol. The van der Waals surface area contributed by atoms with Crippen LogP contribution in [0.15, 0.2) is 18.2 Å². The van der Waals surface area contributed by atoms with Gasteiger partial charge in [-0.2, -0.15) is 0 Å². The third-order valence-electron chi connectivity index (χ3n) is 5.43. The van der Waals surface area contributed by atoms with Gasteiger partial charge in [-0.05, 0) is 36.0 Å². The molecule has 1 unspecified atom stereocenters. The quantitative estimate of drug-likeness (QED) is 0.285. The van der Waals surface area contributed by atoms with E-state index in [-0.39, 0.29) is 23.1 Å². The molecule has 0 fully saturated rings. The lowest BCUT2D eigenvalue weighted by molar-refractivity contribution is -0.145. The number of carbonyl (C=O) groups excluding carboxylic acids is 1. The lowest BCUT2D eigenvalue weighted by Gasteiger charge is -2.21. The highest BCUT2D eigenvalue weighted by Gasteiger charge is 2.22. The number of benzene rings is 1. The van der Waals surface area contributed by atoms with Crippen LogP contribution < -0.4 is 0 Å². The number of esters is 1. The molecule has 0 spiro atoms. The van der Waals surface area contributed by atoms with Crippen molar-refractivity contribution < 1.29 is 14.6 Å². The second-order valence-corrected chi connectivity index (χ2v) is 9.10. The molecule has 1 rings (SSSR count). The first-order valence-electron chi connectivity index (χ1n) is 11.3. The molecule has 160 valence electrons. The molecule has 3 heteroatoms. The van der Waals surface area contributed by atoms with Gasteiger partial charge in [-0.1, -0.05) is 97.6 Å². The van der Waals surface area contributed by atoms with Gasteiger partial charge in [0, 0.05) is 0 Å². The van der Waals surface area contributed by atoms with Gasteiger partial charge in [0.25, 0.3) is 0 Å². The third-order valence-corrected chi connectivity index (χ3v) is 5.43. The van der Waals surface area contributed by atoms with Crippen LogP contribution in [0.5, 0.6) is 5.75 Å². The molecule has 0 aliphatic carbocycles. The van der Waals surface area contributed by atoms with E-state index in [0.29, 0.717) is 6.61 Å². The second kappa shape index (κ2) is 12.9. The van der Waals surface area contributed by atoms with Crippen LogP contribution in [0, 0.1) is 0 Å². The molecule has 0 radical (unpaired) electrons. The molecule has 0 amide bonds. The second-order valence-electron chi connectivity index (χ2n) is 9.10. The Bertz CT molecular complexity index is 572. The molecule has 1 aromatic carbocycles. The summed E-state index contributed by atoms with van der Waals surface area (Å²) in [4.78, 5) is 12.3. The maximum absolute atomic E-state index is 12.3. The number of hydrogen-bond donors (Lipinski definition) is 1. The minimum absolute atomic E-state index is 0.123. The minimum Gasteiger partial charge on any atom is -0.508 e. The highest BCUT2D eigenvalue weighted by atomic mass is 16.5. The summed E-state index contributed by atoms with van der Waals surface area (Å²) >= 11 is 0. The van der Waals surface area contributed by atoms with Crippen LogP contribution in [0.3, 0.4) is 0 Å². The lowest BCUT2D eigenvalue weighted by atomic mass is 9.85. The van der Waals surface area contributed by atoms with Gasteiger partial charge in [-0.25, -0.2) is 0 Å². The fourth-order valence-corrected chi connectivity index (χ4v) is 3.48. The van der Waals surface area contributed by atoms with Gasteiger partial charge in [0.15, 0.2) is 0 Å².